The molecule has 1 aromatic carbocycles. The van der Waals surface area contributed by atoms with Crippen molar-refractivity contribution in [1.82, 2.24) is 9.97 Å². The zero-order valence-electron chi connectivity index (χ0n) is 9.45. The molecule has 2 aromatic rings. The van der Waals surface area contributed by atoms with Crippen LogP contribution in [0.4, 0.5) is 11.4 Å². The van der Waals surface area contributed by atoms with Crippen molar-refractivity contribution in [2.45, 2.75) is 0 Å². The fourth-order valence-corrected chi connectivity index (χ4v) is 3.71. The molecule has 0 aliphatic heterocycles. The summed E-state index contributed by atoms with van der Waals surface area (Å²) in [6, 6.07) is 3.49. The van der Waals surface area contributed by atoms with Gasteiger partial charge in [0.25, 0.3) is 5.56 Å². The van der Waals surface area contributed by atoms with Gasteiger partial charge in [0, 0.05) is 13.4 Å². The molecule has 0 unspecified atom stereocenters. The molecule has 0 fully saturated rings. The van der Waals surface area contributed by atoms with E-state index >= 15 is 0 Å². The van der Waals surface area contributed by atoms with Crippen LogP contribution < -0.4 is 11.2 Å². The zero-order chi connectivity index (χ0) is 14.9. The van der Waals surface area contributed by atoms with E-state index in [2.05, 4.69) is 58.0 Å². The molecule has 0 radical (unpaired) electrons. The van der Waals surface area contributed by atoms with Crippen LogP contribution in [0.3, 0.4) is 0 Å². The molecule has 20 heavy (non-hydrogen) atoms. The maximum atomic E-state index is 11.5. The van der Waals surface area contributed by atoms with Crippen LogP contribution in [0.1, 0.15) is 0 Å². The number of rotatable bonds is 2. The van der Waals surface area contributed by atoms with Crippen LogP contribution in [0.2, 0.25) is 0 Å². The molecule has 0 spiro atoms. The second-order valence-electron chi connectivity index (χ2n) is 3.52. The molecule has 0 atom stereocenters. The normalized spacial score (nSPS) is 11.2. The Kier molecular flexibility index (Phi) is 4.55. The third-order valence-electron chi connectivity index (χ3n) is 2.13. The van der Waals surface area contributed by atoms with Crippen LogP contribution in [0, 0.1) is 0 Å². The summed E-state index contributed by atoms with van der Waals surface area (Å²) in [7, 11) is 0. The lowest BCUT2D eigenvalue weighted by molar-refractivity contribution is 0.450. The fourth-order valence-electron chi connectivity index (χ4n) is 1.29. The summed E-state index contributed by atoms with van der Waals surface area (Å²) in [5.41, 5.74) is -1.61. The van der Waals surface area contributed by atoms with Gasteiger partial charge in [0.05, 0.1) is 0 Å². The predicted octanol–water partition coefficient (Wildman–Crippen LogP) is 3.47. The second-order valence-corrected chi connectivity index (χ2v) is 6.15. The molecule has 10 heteroatoms. The first-order chi connectivity index (χ1) is 9.38. The first-order valence-electron chi connectivity index (χ1n) is 5.00. The van der Waals surface area contributed by atoms with E-state index in [1.165, 1.54) is 0 Å². The summed E-state index contributed by atoms with van der Waals surface area (Å²) >= 11 is 9.91. The Morgan fingerprint density at radius 2 is 1.50 bits per heavy atom. The largest absolute Gasteiger partial charge is 0.493 e. The van der Waals surface area contributed by atoms with E-state index in [4.69, 9.17) is 0 Å². The highest BCUT2D eigenvalue weighted by Gasteiger charge is 2.10. The molecule has 7 nitrogen and oxygen atoms in total. The average molecular weight is 469 g/mol. The number of aromatic hydroxyl groups is 1. The standard InChI is InChI=1S/C10H5Br3N4O3/c11-3-1-4(12)6(5(13)2-3)16-17-7-8(18)14-10(20)15-9(7)19/h1-2H,(H3,14,15,18,19,20). The predicted molar refractivity (Wildman–Crippen MR) is 83.1 cm³/mol. The van der Waals surface area contributed by atoms with Crippen LogP contribution in [0.25, 0.3) is 0 Å². The quantitative estimate of drug-likeness (QED) is 0.587. The van der Waals surface area contributed by atoms with Gasteiger partial charge < -0.3 is 5.11 Å². The number of H-pyrrole nitrogens is 2. The number of nitrogens with zero attached hydrogens (tertiary/aromatic N) is 2. The maximum absolute atomic E-state index is 11.5. The minimum atomic E-state index is -0.834. The Labute approximate surface area is 136 Å². The highest BCUT2D eigenvalue weighted by atomic mass is 79.9. The minimum absolute atomic E-state index is 0.383. The Bertz CT molecular complexity index is 789. The smallest absolute Gasteiger partial charge is 0.328 e. The van der Waals surface area contributed by atoms with Gasteiger partial charge in [-0.25, -0.2) is 4.79 Å². The Balaban J connectivity index is 2.51. The SMILES string of the molecule is O=c1[nH]c(O)c(N=Nc2c(Br)cc(Br)cc2Br)c(=O)[nH]1. The lowest BCUT2D eigenvalue weighted by Crippen LogP contribution is -2.20. The topological polar surface area (TPSA) is 111 Å². The van der Waals surface area contributed by atoms with Crippen LogP contribution in [-0.2, 0) is 0 Å². The van der Waals surface area contributed by atoms with Gasteiger partial charge in [-0.1, -0.05) is 15.9 Å². The third kappa shape index (κ3) is 3.25. The Hall–Kier alpha value is -1.26. The molecule has 0 amide bonds. The molecule has 1 aromatic heterocycles. The van der Waals surface area contributed by atoms with Crippen LogP contribution in [-0.4, -0.2) is 15.1 Å². The van der Waals surface area contributed by atoms with Crippen molar-refractivity contribution in [3.8, 4) is 5.88 Å². The van der Waals surface area contributed by atoms with E-state index in [1.807, 2.05) is 9.97 Å². The summed E-state index contributed by atoms with van der Waals surface area (Å²) < 4.78 is 2.07. The van der Waals surface area contributed by atoms with Crippen molar-refractivity contribution in [1.29, 1.82) is 0 Å². The van der Waals surface area contributed by atoms with Gasteiger partial charge in [0.2, 0.25) is 11.6 Å². The summed E-state index contributed by atoms with van der Waals surface area (Å²) in [5, 5.41) is 17.0. The molecule has 0 aliphatic rings. The second kappa shape index (κ2) is 6.02. The van der Waals surface area contributed by atoms with E-state index in [-0.39, 0.29) is 5.69 Å². The van der Waals surface area contributed by atoms with Crippen molar-refractivity contribution >= 4 is 59.2 Å². The van der Waals surface area contributed by atoms with E-state index < -0.39 is 17.1 Å². The Morgan fingerprint density at radius 1 is 0.950 bits per heavy atom. The van der Waals surface area contributed by atoms with Gasteiger partial charge in [-0.05, 0) is 44.0 Å². The van der Waals surface area contributed by atoms with Crippen molar-refractivity contribution < 1.29 is 5.11 Å². The number of hydrogen-bond donors (Lipinski definition) is 3. The van der Waals surface area contributed by atoms with Crippen molar-refractivity contribution in [3.63, 3.8) is 0 Å². The first-order valence-corrected chi connectivity index (χ1v) is 7.38. The van der Waals surface area contributed by atoms with Gasteiger partial charge in [-0.15, -0.1) is 10.2 Å². The van der Waals surface area contributed by atoms with Crippen molar-refractivity contribution in [3.05, 3.63) is 46.4 Å². The van der Waals surface area contributed by atoms with Crippen molar-refractivity contribution in [2.75, 3.05) is 0 Å². The van der Waals surface area contributed by atoms with E-state index in [9.17, 15) is 14.7 Å². The van der Waals surface area contributed by atoms with Crippen molar-refractivity contribution in [2.24, 2.45) is 10.2 Å². The molecule has 0 saturated carbocycles. The molecular formula is C10H5Br3N4O3. The molecule has 0 bridgehead atoms. The number of aromatic nitrogens is 2. The molecule has 3 N–H and O–H groups in total. The van der Waals surface area contributed by atoms with Crippen LogP contribution >= 0.6 is 47.8 Å². The number of nitrogens with one attached hydrogen (secondary N) is 2. The Morgan fingerprint density at radius 3 is 2.05 bits per heavy atom. The van der Waals surface area contributed by atoms with E-state index in [1.54, 1.807) is 12.1 Å². The monoisotopic (exact) mass is 466 g/mol. The molecule has 1 heterocycles. The summed E-state index contributed by atoms with van der Waals surface area (Å²) in [4.78, 5) is 26.4. The van der Waals surface area contributed by atoms with E-state index in [0.717, 1.165) is 4.47 Å². The molecular weight excluding hydrogens is 464 g/mol. The highest BCUT2D eigenvalue weighted by molar-refractivity contribution is 9.11. The number of aromatic amines is 2. The molecule has 104 valence electrons. The summed E-state index contributed by atoms with van der Waals surface area (Å²) in [6.07, 6.45) is 0. The van der Waals surface area contributed by atoms with Gasteiger partial charge in [0.1, 0.15) is 5.69 Å². The number of benzene rings is 1. The fraction of sp³-hybridized carbons (Fsp3) is 0. The summed E-state index contributed by atoms with van der Waals surface area (Å²) in [5.74, 6) is -0.646. The third-order valence-corrected chi connectivity index (χ3v) is 3.80. The van der Waals surface area contributed by atoms with Crippen LogP contribution in [0.15, 0.2) is 45.4 Å². The highest BCUT2D eigenvalue weighted by Crippen LogP contribution is 2.37. The van der Waals surface area contributed by atoms with Gasteiger partial charge in [0.15, 0.2) is 0 Å². The molecule has 2 rings (SSSR count). The number of hydrogen-bond acceptors (Lipinski definition) is 5. The van der Waals surface area contributed by atoms with E-state index in [0.29, 0.717) is 14.6 Å². The number of halogens is 3. The minimum Gasteiger partial charge on any atom is -0.493 e. The van der Waals surface area contributed by atoms with Gasteiger partial charge in [-0.2, -0.15) is 0 Å². The zero-order valence-corrected chi connectivity index (χ0v) is 14.2. The number of azo groups is 1. The van der Waals surface area contributed by atoms with Gasteiger partial charge in [-0.3, -0.25) is 14.8 Å². The lowest BCUT2D eigenvalue weighted by atomic mass is 10.3. The lowest BCUT2D eigenvalue weighted by Gasteiger charge is -2.02. The average Bonchev–Trinajstić information content (AvgIpc) is 2.30. The summed E-state index contributed by atoms with van der Waals surface area (Å²) in [6.45, 7) is 0. The first kappa shape index (κ1) is 15.1. The molecule has 0 saturated heterocycles. The van der Waals surface area contributed by atoms with Crippen LogP contribution in [0.5, 0.6) is 5.88 Å². The molecule has 0 aliphatic carbocycles. The van der Waals surface area contributed by atoms with Gasteiger partial charge >= 0.3 is 5.69 Å². The maximum Gasteiger partial charge on any atom is 0.328 e.